The molecule has 0 spiro atoms. The normalized spacial score (nSPS) is 46.2. The maximum atomic E-state index is 13.3. The van der Waals surface area contributed by atoms with Crippen LogP contribution in [0.25, 0.3) is 0 Å². The number of ketones is 1. The predicted octanol–water partition coefficient (Wildman–Crippen LogP) is 1.86. The number of hydrogen-bond acceptors (Lipinski definition) is 7. The summed E-state index contributed by atoms with van der Waals surface area (Å²) in [5, 5.41) is 64.9. The van der Waals surface area contributed by atoms with Gasteiger partial charge in [0.05, 0.1) is 35.6 Å². The zero-order valence-corrected chi connectivity index (χ0v) is 21.1. The zero-order valence-electron chi connectivity index (χ0n) is 21.1. The lowest BCUT2D eigenvalue weighted by Gasteiger charge is -2.60. The van der Waals surface area contributed by atoms with Crippen LogP contribution >= 0.6 is 0 Å². The molecule has 0 amide bonds. The zero-order chi connectivity index (χ0) is 25.3. The highest BCUT2D eigenvalue weighted by Crippen LogP contribution is 2.68. The average Bonchev–Trinajstić information content (AvgIpc) is 3.01. The average molecular weight is 481 g/mol. The van der Waals surface area contributed by atoms with E-state index in [1.165, 1.54) is 0 Å². The van der Waals surface area contributed by atoms with Crippen LogP contribution in [0.3, 0.4) is 0 Å². The van der Waals surface area contributed by atoms with Gasteiger partial charge in [0.15, 0.2) is 5.78 Å². The Morgan fingerprint density at radius 2 is 1.71 bits per heavy atom. The van der Waals surface area contributed by atoms with Crippen molar-refractivity contribution in [3.05, 3.63) is 11.6 Å². The molecule has 7 nitrogen and oxygen atoms in total. The molecule has 0 aromatic heterocycles. The first kappa shape index (κ1) is 26.2. The molecule has 4 rings (SSSR count). The lowest BCUT2D eigenvalue weighted by molar-refractivity contribution is -0.168. The molecule has 3 fully saturated rings. The van der Waals surface area contributed by atoms with Gasteiger partial charge >= 0.3 is 0 Å². The molecule has 0 heterocycles. The van der Waals surface area contributed by atoms with E-state index in [0.29, 0.717) is 50.5 Å². The first-order valence-electron chi connectivity index (χ1n) is 13.0. The molecule has 0 saturated heterocycles. The Balaban J connectivity index is 1.66. The second-order valence-corrected chi connectivity index (χ2v) is 13.0. The molecule has 0 radical (unpaired) electrons. The summed E-state index contributed by atoms with van der Waals surface area (Å²) >= 11 is 0. The van der Waals surface area contributed by atoms with E-state index in [0.717, 1.165) is 6.42 Å². The predicted molar refractivity (Wildman–Crippen MR) is 127 cm³/mol. The van der Waals surface area contributed by atoms with Crippen LogP contribution in [0.5, 0.6) is 0 Å². The first-order chi connectivity index (χ1) is 15.6. The van der Waals surface area contributed by atoms with Crippen molar-refractivity contribution in [2.75, 3.05) is 6.61 Å². The molecule has 0 aliphatic heterocycles. The standard InChI is InChI=1S/C27H44O7/c1-23(2,32)8-5-9-26(33,15-28)22-7-11-27(34)17-12-19(29)18-13-20(30)21(31)14-24(18,3)16(17)6-10-25(22,27)4/h12,16,18,20-22,28,30-34H,5-11,13-15H2,1-4H3/t16-,18-,20+,21-,22-,24+,25+,26?,27+/m0/s1. The van der Waals surface area contributed by atoms with Crippen LogP contribution < -0.4 is 0 Å². The molecule has 0 aromatic carbocycles. The monoisotopic (exact) mass is 480 g/mol. The van der Waals surface area contributed by atoms with E-state index in [1.807, 2.05) is 13.8 Å². The Morgan fingerprint density at radius 3 is 2.32 bits per heavy atom. The van der Waals surface area contributed by atoms with Gasteiger partial charge in [-0.3, -0.25) is 4.79 Å². The van der Waals surface area contributed by atoms with Gasteiger partial charge in [-0.25, -0.2) is 0 Å². The summed E-state index contributed by atoms with van der Waals surface area (Å²) in [6.45, 7) is 7.03. The molecule has 4 aliphatic rings. The minimum absolute atomic E-state index is 0.0772. The smallest absolute Gasteiger partial charge is 0.159 e. The number of allylic oxidation sites excluding steroid dienone is 1. The van der Waals surface area contributed by atoms with Crippen molar-refractivity contribution in [2.24, 2.45) is 28.6 Å². The second-order valence-electron chi connectivity index (χ2n) is 13.0. The molecule has 9 atom stereocenters. The molecule has 1 unspecified atom stereocenters. The van der Waals surface area contributed by atoms with Gasteiger partial charge in [0.2, 0.25) is 0 Å². The molecule has 194 valence electrons. The van der Waals surface area contributed by atoms with Crippen LogP contribution in [0.4, 0.5) is 0 Å². The van der Waals surface area contributed by atoms with Crippen LogP contribution in [-0.2, 0) is 4.79 Å². The topological polar surface area (TPSA) is 138 Å². The summed E-state index contributed by atoms with van der Waals surface area (Å²) in [6, 6.07) is 0. The first-order valence-corrected chi connectivity index (χ1v) is 13.0. The highest BCUT2D eigenvalue weighted by Gasteiger charge is 2.68. The molecule has 4 aliphatic carbocycles. The third-order valence-electron chi connectivity index (χ3n) is 10.4. The number of aliphatic hydroxyl groups excluding tert-OH is 3. The van der Waals surface area contributed by atoms with Crippen molar-refractivity contribution in [3.63, 3.8) is 0 Å². The maximum Gasteiger partial charge on any atom is 0.159 e. The summed E-state index contributed by atoms with van der Waals surface area (Å²) in [4.78, 5) is 13.3. The fourth-order valence-corrected chi connectivity index (χ4v) is 8.42. The third kappa shape index (κ3) is 3.82. The van der Waals surface area contributed by atoms with Gasteiger partial charge in [-0.05, 0) is 101 Å². The Bertz CT molecular complexity index is 848. The van der Waals surface area contributed by atoms with E-state index in [2.05, 4.69) is 0 Å². The van der Waals surface area contributed by atoms with Gasteiger partial charge in [-0.1, -0.05) is 13.8 Å². The second kappa shape index (κ2) is 8.35. The molecule has 0 bridgehead atoms. The molecule has 6 N–H and O–H groups in total. The number of rotatable bonds is 6. The largest absolute Gasteiger partial charge is 0.393 e. The van der Waals surface area contributed by atoms with Gasteiger partial charge < -0.3 is 30.6 Å². The molecule has 3 saturated carbocycles. The fourth-order valence-electron chi connectivity index (χ4n) is 8.42. The highest BCUT2D eigenvalue weighted by molar-refractivity contribution is 5.95. The Kier molecular flexibility index (Phi) is 6.45. The van der Waals surface area contributed by atoms with Gasteiger partial charge in [0, 0.05) is 11.3 Å². The van der Waals surface area contributed by atoms with Crippen molar-refractivity contribution in [3.8, 4) is 0 Å². The Hall–Kier alpha value is -0.830. The van der Waals surface area contributed by atoms with Crippen LogP contribution in [0.1, 0.15) is 85.5 Å². The van der Waals surface area contributed by atoms with Gasteiger partial charge in [0.1, 0.15) is 0 Å². The molecule has 0 aromatic rings. The molecular formula is C27H44O7. The molecule has 7 heteroatoms. The van der Waals surface area contributed by atoms with E-state index in [-0.39, 0.29) is 30.0 Å². The quantitative estimate of drug-likeness (QED) is 0.341. The number of fused-ring (bicyclic) bond motifs is 5. The van der Waals surface area contributed by atoms with Crippen molar-refractivity contribution < 1.29 is 35.4 Å². The van der Waals surface area contributed by atoms with Gasteiger partial charge in [-0.2, -0.15) is 0 Å². The summed E-state index contributed by atoms with van der Waals surface area (Å²) in [5.41, 5.74) is -4.04. The summed E-state index contributed by atoms with van der Waals surface area (Å²) in [7, 11) is 0. The number of aliphatic hydroxyl groups is 6. The number of carbonyl (C=O) groups is 1. The Labute approximate surface area is 202 Å². The van der Waals surface area contributed by atoms with Crippen molar-refractivity contribution in [2.45, 2.75) is 114 Å². The van der Waals surface area contributed by atoms with E-state index >= 15 is 0 Å². The van der Waals surface area contributed by atoms with Crippen molar-refractivity contribution in [1.82, 2.24) is 0 Å². The lowest BCUT2D eigenvalue weighted by atomic mass is 9.45. The summed E-state index contributed by atoms with van der Waals surface area (Å²) in [5.74, 6) is -0.894. The number of carbonyl (C=O) groups excluding carboxylic acids is 1. The van der Waals surface area contributed by atoms with E-state index < -0.39 is 46.4 Å². The van der Waals surface area contributed by atoms with Crippen LogP contribution in [0.15, 0.2) is 11.6 Å². The minimum Gasteiger partial charge on any atom is -0.393 e. The highest BCUT2D eigenvalue weighted by atomic mass is 16.3. The summed E-state index contributed by atoms with van der Waals surface area (Å²) < 4.78 is 0. The van der Waals surface area contributed by atoms with E-state index in [1.54, 1.807) is 19.9 Å². The molecular weight excluding hydrogens is 436 g/mol. The summed E-state index contributed by atoms with van der Waals surface area (Å²) in [6.07, 6.45) is 4.04. The van der Waals surface area contributed by atoms with Crippen LogP contribution in [0, 0.1) is 28.6 Å². The van der Waals surface area contributed by atoms with Crippen molar-refractivity contribution in [1.29, 1.82) is 0 Å². The Morgan fingerprint density at radius 1 is 1.03 bits per heavy atom. The van der Waals surface area contributed by atoms with Crippen molar-refractivity contribution >= 4 is 5.78 Å². The van der Waals surface area contributed by atoms with Gasteiger partial charge in [-0.15, -0.1) is 0 Å². The van der Waals surface area contributed by atoms with E-state index in [4.69, 9.17) is 0 Å². The third-order valence-corrected chi connectivity index (χ3v) is 10.4. The van der Waals surface area contributed by atoms with Crippen LogP contribution in [-0.4, -0.2) is 72.0 Å². The van der Waals surface area contributed by atoms with Crippen LogP contribution in [0.2, 0.25) is 0 Å². The minimum atomic E-state index is -1.38. The number of hydrogen-bond donors (Lipinski definition) is 6. The van der Waals surface area contributed by atoms with E-state index in [9.17, 15) is 35.4 Å². The maximum absolute atomic E-state index is 13.3. The van der Waals surface area contributed by atoms with Gasteiger partial charge in [0.25, 0.3) is 0 Å². The lowest BCUT2D eigenvalue weighted by Crippen LogP contribution is -2.62. The fraction of sp³-hybridized carbons (Fsp3) is 0.889. The SMILES string of the molecule is CC(C)(O)CCCC(O)(CO)[C@H]1CC[C@@]2(O)C3=CC(=O)[C@@H]4C[C@@H](O)[C@@H](O)C[C@]4(C)[C@H]3CC[C@]12C. The molecule has 34 heavy (non-hydrogen) atoms.